The molecule has 124 valence electrons. The molecule has 0 unspecified atom stereocenters. The first-order chi connectivity index (χ1) is 10.1. The molecule has 1 heterocycles. The van der Waals surface area contributed by atoms with Crippen molar-refractivity contribution in [1.29, 1.82) is 0 Å². The van der Waals surface area contributed by atoms with Crippen molar-refractivity contribution in [2.75, 3.05) is 26.7 Å². The SMILES string of the molecule is CN(CCOc1ccc(F)cc1)C(=O)[C@@H]1CC[C@H](CN)O1.Cl. The first kappa shape index (κ1) is 18.7. The van der Waals surface area contributed by atoms with Crippen LogP contribution >= 0.6 is 12.4 Å². The van der Waals surface area contributed by atoms with Crippen molar-refractivity contribution in [3.05, 3.63) is 30.1 Å². The maximum Gasteiger partial charge on any atom is 0.251 e. The Morgan fingerprint density at radius 2 is 2.09 bits per heavy atom. The molecule has 5 nitrogen and oxygen atoms in total. The van der Waals surface area contributed by atoms with E-state index in [0.717, 1.165) is 6.42 Å². The van der Waals surface area contributed by atoms with E-state index in [-0.39, 0.29) is 30.2 Å². The van der Waals surface area contributed by atoms with Crippen molar-refractivity contribution in [1.82, 2.24) is 4.90 Å². The zero-order valence-electron chi connectivity index (χ0n) is 12.5. The minimum absolute atomic E-state index is 0. The number of ether oxygens (including phenoxy) is 2. The van der Waals surface area contributed by atoms with Gasteiger partial charge < -0.3 is 20.1 Å². The number of halogens is 2. The fourth-order valence-corrected chi connectivity index (χ4v) is 2.25. The molecule has 2 atom stereocenters. The summed E-state index contributed by atoms with van der Waals surface area (Å²) in [5, 5.41) is 0. The van der Waals surface area contributed by atoms with Gasteiger partial charge in [0.15, 0.2) is 0 Å². The van der Waals surface area contributed by atoms with Crippen molar-refractivity contribution in [2.45, 2.75) is 25.0 Å². The molecule has 1 aromatic carbocycles. The molecule has 0 aromatic heterocycles. The van der Waals surface area contributed by atoms with Gasteiger partial charge in [0.2, 0.25) is 0 Å². The number of hydrogen-bond acceptors (Lipinski definition) is 4. The van der Waals surface area contributed by atoms with Crippen LogP contribution in [0.1, 0.15) is 12.8 Å². The van der Waals surface area contributed by atoms with Crippen LogP contribution in [0.25, 0.3) is 0 Å². The van der Waals surface area contributed by atoms with Crippen molar-refractivity contribution < 1.29 is 18.7 Å². The van der Waals surface area contributed by atoms with E-state index in [1.807, 2.05) is 0 Å². The van der Waals surface area contributed by atoms with Crippen LogP contribution in [-0.2, 0) is 9.53 Å². The van der Waals surface area contributed by atoms with Crippen molar-refractivity contribution in [3.63, 3.8) is 0 Å². The van der Waals surface area contributed by atoms with E-state index in [1.165, 1.54) is 12.1 Å². The zero-order valence-corrected chi connectivity index (χ0v) is 13.4. The van der Waals surface area contributed by atoms with Gasteiger partial charge in [0, 0.05) is 13.6 Å². The summed E-state index contributed by atoms with van der Waals surface area (Å²) in [6.07, 6.45) is 1.13. The average Bonchev–Trinajstić information content (AvgIpc) is 2.97. The molecule has 1 saturated heterocycles. The Morgan fingerprint density at radius 1 is 1.41 bits per heavy atom. The first-order valence-corrected chi connectivity index (χ1v) is 7.09. The third kappa shape index (κ3) is 5.12. The van der Waals surface area contributed by atoms with Crippen LogP contribution in [0.3, 0.4) is 0 Å². The van der Waals surface area contributed by atoms with Gasteiger partial charge in [-0.15, -0.1) is 12.4 Å². The number of amides is 1. The zero-order chi connectivity index (χ0) is 15.2. The van der Waals surface area contributed by atoms with Gasteiger partial charge in [0.25, 0.3) is 5.91 Å². The summed E-state index contributed by atoms with van der Waals surface area (Å²) in [4.78, 5) is 13.7. The number of nitrogens with two attached hydrogens (primary N) is 1. The van der Waals surface area contributed by atoms with Gasteiger partial charge in [-0.1, -0.05) is 0 Å². The molecule has 1 aromatic rings. The van der Waals surface area contributed by atoms with Gasteiger partial charge in [0.1, 0.15) is 24.3 Å². The molecular weight excluding hydrogens is 311 g/mol. The summed E-state index contributed by atoms with van der Waals surface area (Å²) < 4.78 is 23.8. The van der Waals surface area contributed by atoms with Gasteiger partial charge >= 0.3 is 0 Å². The van der Waals surface area contributed by atoms with E-state index in [4.69, 9.17) is 15.2 Å². The van der Waals surface area contributed by atoms with Gasteiger partial charge in [-0.2, -0.15) is 0 Å². The summed E-state index contributed by atoms with van der Waals surface area (Å²) >= 11 is 0. The highest BCUT2D eigenvalue weighted by Gasteiger charge is 2.31. The maximum atomic E-state index is 12.7. The molecule has 22 heavy (non-hydrogen) atoms. The Hall–Kier alpha value is -1.37. The van der Waals surface area contributed by atoms with Crippen LogP contribution in [0.5, 0.6) is 5.75 Å². The first-order valence-electron chi connectivity index (χ1n) is 7.09. The number of hydrogen-bond donors (Lipinski definition) is 1. The van der Waals surface area contributed by atoms with E-state index in [1.54, 1.807) is 24.1 Å². The van der Waals surface area contributed by atoms with Gasteiger partial charge in [-0.3, -0.25) is 4.79 Å². The molecule has 0 spiro atoms. The Morgan fingerprint density at radius 3 is 2.68 bits per heavy atom. The van der Waals surface area contributed by atoms with Gasteiger partial charge in [-0.05, 0) is 37.1 Å². The molecule has 2 rings (SSSR count). The molecule has 1 aliphatic rings. The number of rotatable bonds is 6. The lowest BCUT2D eigenvalue weighted by atomic mass is 10.2. The van der Waals surface area contributed by atoms with Crippen LogP contribution in [0, 0.1) is 5.82 Å². The number of carbonyl (C=O) groups is 1. The van der Waals surface area contributed by atoms with Crippen LogP contribution in [0.15, 0.2) is 24.3 Å². The molecule has 1 amide bonds. The fraction of sp³-hybridized carbons (Fsp3) is 0.533. The van der Waals surface area contributed by atoms with E-state index in [2.05, 4.69) is 0 Å². The van der Waals surface area contributed by atoms with E-state index < -0.39 is 6.10 Å². The van der Waals surface area contributed by atoms with Crippen LogP contribution in [-0.4, -0.2) is 49.8 Å². The Bertz CT molecular complexity index is 472. The van der Waals surface area contributed by atoms with E-state index in [9.17, 15) is 9.18 Å². The second-order valence-corrected chi connectivity index (χ2v) is 5.12. The highest BCUT2D eigenvalue weighted by Crippen LogP contribution is 2.20. The summed E-state index contributed by atoms with van der Waals surface area (Å²) in [7, 11) is 1.72. The summed E-state index contributed by atoms with van der Waals surface area (Å²) in [6.45, 7) is 1.24. The quantitative estimate of drug-likeness (QED) is 0.859. The van der Waals surface area contributed by atoms with Gasteiger partial charge in [0.05, 0.1) is 12.6 Å². The van der Waals surface area contributed by atoms with E-state index >= 15 is 0 Å². The normalized spacial score (nSPS) is 20.3. The van der Waals surface area contributed by atoms with Crippen molar-refractivity contribution >= 4 is 18.3 Å². The molecule has 0 radical (unpaired) electrons. The monoisotopic (exact) mass is 332 g/mol. The van der Waals surface area contributed by atoms with Crippen LogP contribution in [0.4, 0.5) is 4.39 Å². The third-order valence-electron chi connectivity index (χ3n) is 3.53. The average molecular weight is 333 g/mol. The topological polar surface area (TPSA) is 64.8 Å². The third-order valence-corrected chi connectivity index (χ3v) is 3.53. The minimum Gasteiger partial charge on any atom is -0.492 e. The minimum atomic E-state index is -0.394. The molecule has 1 aliphatic heterocycles. The number of carbonyl (C=O) groups excluding carboxylic acids is 1. The molecule has 0 bridgehead atoms. The molecule has 0 aliphatic carbocycles. The smallest absolute Gasteiger partial charge is 0.251 e. The van der Waals surface area contributed by atoms with Gasteiger partial charge in [-0.25, -0.2) is 4.39 Å². The predicted octanol–water partition coefficient (Wildman–Crippen LogP) is 1.59. The molecular formula is C15H22ClFN2O3. The Labute approximate surface area is 136 Å². The van der Waals surface area contributed by atoms with Crippen LogP contribution in [0.2, 0.25) is 0 Å². The van der Waals surface area contributed by atoms with Crippen molar-refractivity contribution in [3.8, 4) is 5.75 Å². The predicted molar refractivity (Wildman–Crippen MR) is 83.7 cm³/mol. The molecule has 1 fully saturated rings. The second-order valence-electron chi connectivity index (χ2n) is 5.12. The van der Waals surface area contributed by atoms with E-state index in [0.29, 0.717) is 31.9 Å². The summed E-state index contributed by atoms with van der Waals surface area (Å²) in [5.41, 5.74) is 5.53. The lowest BCUT2D eigenvalue weighted by Gasteiger charge is -2.21. The highest BCUT2D eigenvalue weighted by atomic mass is 35.5. The number of nitrogens with zero attached hydrogens (tertiary/aromatic N) is 1. The maximum absolute atomic E-state index is 12.7. The lowest BCUT2D eigenvalue weighted by molar-refractivity contribution is -0.141. The fourth-order valence-electron chi connectivity index (χ4n) is 2.25. The molecule has 0 saturated carbocycles. The lowest BCUT2D eigenvalue weighted by Crippen LogP contribution is -2.39. The number of benzene rings is 1. The number of likely N-dealkylation sites (N-methyl/N-ethyl adjacent to an activating group) is 1. The summed E-state index contributed by atoms with van der Waals surface area (Å²) in [6, 6.07) is 5.79. The molecule has 2 N–H and O–H groups in total. The largest absolute Gasteiger partial charge is 0.492 e. The highest BCUT2D eigenvalue weighted by molar-refractivity contribution is 5.85. The van der Waals surface area contributed by atoms with Crippen LogP contribution < -0.4 is 10.5 Å². The second kappa shape index (κ2) is 8.92. The van der Waals surface area contributed by atoms with Crippen molar-refractivity contribution in [2.24, 2.45) is 5.73 Å². The Kier molecular flexibility index (Phi) is 7.58. The molecule has 7 heteroatoms. The summed E-state index contributed by atoms with van der Waals surface area (Å²) in [5.74, 6) is 0.230. The Balaban J connectivity index is 0.00000242. The standard InChI is InChI=1S/C15H21FN2O3.ClH/c1-18(15(19)14-7-6-13(10-17)21-14)8-9-20-12-4-2-11(16)3-5-12;/h2-5,13-14H,6-10,17H2,1H3;1H/t13-,14+;/m1./s1.